The van der Waals surface area contributed by atoms with E-state index in [0.717, 1.165) is 16.9 Å². The van der Waals surface area contributed by atoms with Gasteiger partial charge in [-0.3, -0.25) is 9.78 Å². The van der Waals surface area contributed by atoms with Gasteiger partial charge in [-0.15, -0.1) is 10.2 Å². The second kappa shape index (κ2) is 8.06. The summed E-state index contributed by atoms with van der Waals surface area (Å²) < 4.78 is 5.78. The van der Waals surface area contributed by atoms with Crippen LogP contribution in [-0.2, 0) is 6.61 Å². The summed E-state index contributed by atoms with van der Waals surface area (Å²) in [7, 11) is 0. The largest absolute Gasteiger partial charge is 0.489 e. The Balaban J connectivity index is 1.55. The number of nitrogens with one attached hydrogen (secondary N) is 2. The number of hydrogen-bond acceptors (Lipinski definition) is 6. The first-order chi connectivity index (χ1) is 12.6. The first kappa shape index (κ1) is 17.3. The van der Waals surface area contributed by atoms with Crippen LogP contribution in [-0.4, -0.2) is 21.4 Å². The van der Waals surface area contributed by atoms with Crippen LogP contribution in [0.3, 0.4) is 0 Å². The Morgan fingerprint density at radius 1 is 1.15 bits per heavy atom. The topological polar surface area (TPSA) is 92.3 Å². The molecule has 132 valence electrons. The van der Waals surface area contributed by atoms with Crippen LogP contribution in [0.1, 0.15) is 22.4 Å². The fraction of sp³-hybridized carbons (Fsp3) is 0.158. The monoisotopic (exact) mass is 349 g/mol. The molecule has 0 fully saturated rings. The molecule has 0 unspecified atom stereocenters. The van der Waals surface area contributed by atoms with Crippen molar-refractivity contribution in [3.63, 3.8) is 0 Å². The Morgan fingerprint density at radius 2 is 1.96 bits per heavy atom. The van der Waals surface area contributed by atoms with Gasteiger partial charge in [0.15, 0.2) is 0 Å². The number of rotatable bonds is 6. The lowest BCUT2D eigenvalue weighted by molar-refractivity contribution is 0.306. The van der Waals surface area contributed by atoms with Gasteiger partial charge in [-0.25, -0.2) is 5.43 Å². The molecule has 0 bridgehead atoms. The second-order valence-corrected chi connectivity index (χ2v) is 5.80. The number of ether oxygens (including phenoxy) is 1. The van der Waals surface area contributed by atoms with Crippen molar-refractivity contribution in [1.29, 1.82) is 0 Å². The molecule has 3 aromatic rings. The number of benzene rings is 2. The number of hydrazone groups is 1. The highest BCUT2D eigenvalue weighted by molar-refractivity contribution is 5.80. The van der Waals surface area contributed by atoms with Gasteiger partial charge in [0, 0.05) is 0 Å². The summed E-state index contributed by atoms with van der Waals surface area (Å²) in [5.41, 5.74) is 5.87. The van der Waals surface area contributed by atoms with Crippen LogP contribution in [0.15, 0.2) is 58.4 Å². The molecule has 3 rings (SSSR count). The minimum Gasteiger partial charge on any atom is -0.489 e. The van der Waals surface area contributed by atoms with Crippen LogP contribution in [0.2, 0.25) is 0 Å². The summed E-state index contributed by atoms with van der Waals surface area (Å²) in [6.45, 7) is 4.17. The maximum Gasteiger partial charge on any atom is 0.274 e. The summed E-state index contributed by atoms with van der Waals surface area (Å²) in [4.78, 5) is 14.0. The van der Waals surface area contributed by atoms with Gasteiger partial charge < -0.3 is 4.74 Å². The zero-order valence-electron chi connectivity index (χ0n) is 14.6. The van der Waals surface area contributed by atoms with Crippen LogP contribution in [0.25, 0.3) is 0 Å². The lowest BCUT2D eigenvalue weighted by Gasteiger charge is -2.07. The van der Waals surface area contributed by atoms with Gasteiger partial charge in [-0.1, -0.05) is 29.8 Å². The van der Waals surface area contributed by atoms with Gasteiger partial charge in [-0.05, 0) is 49.2 Å². The number of aryl methyl sites for hydroxylation is 2. The average Bonchev–Trinajstić information content (AvgIpc) is 2.64. The van der Waals surface area contributed by atoms with Crippen LogP contribution >= 0.6 is 0 Å². The SMILES string of the molecule is Cc1cccc(COc2ccc(/C=N/Nc3nnc(C)c(=O)[nH]3)cc2)c1. The zero-order valence-corrected chi connectivity index (χ0v) is 14.6. The molecule has 0 aliphatic carbocycles. The number of hydrogen-bond donors (Lipinski definition) is 2. The molecule has 7 heteroatoms. The van der Waals surface area contributed by atoms with Gasteiger partial charge in [0.25, 0.3) is 5.56 Å². The highest BCUT2D eigenvalue weighted by atomic mass is 16.5. The summed E-state index contributed by atoms with van der Waals surface area (Å²) >= 11 is 0. The fourth-order valence-corrected chi connectivity index (χ4v) is 2.23. The van der Waals surface area contributed by atoms with Crippen LogP contribution < -0.4 is 15.7 Å². The Labute approximate surface area is 150 Å². The Bertz CT molecular complexity index is 964. The van der Waals surface area contributed by atoms with E-state index in [4.69, 9.17) is 4.74 Å². The van der Waals surface area contributed by atoms with Crippen molar-refractivity contribution in [1.82, 2.24) is 15.2 Å². The molecule has 0 radical (unpaired) electrons. The minimum absolute atomic E-state index is 0.190. The van der Waals surface area contributed by atoms with Gasteiger partial charge in [0.05, 0.1) is 6.21 Å². The van der Waals surface area contributed by atoms with Crippen molar-refractivity contribution in [2.24, 2.45) is 5.10 Å². The third-order valence-corrected chi connectivity index (χ3v) is 3.61. The number of aromatic nitrogens is 3. The second-order valence-electron chi connectivity index (χ2n) is 5.80. The van der Waals surface area contributed by atoms with E-state index in [-0.39, 0.29) is 11.5 Å². The normalized spacial score (nSPS) is 10.8. The van der Waals surface area contributed by atoms with Gasteiger partial charge in [-0.2, -0.15) is 5.10 Å². The molecule has 26 heavy (non-hydrogen) atoms. The van der Waals surface area contributed by atoms with E-state index in [1.165, 1.54) is 5.56 Å². The van der Waals surface area contributed by atoms with Crippen molar-refractivity contribution in [3.05, 3.63) is 81.3 Å². The third-order valence-electron chi connectivity index (χ3n) is 3.61. The van der Waals surface area contributed by atoms with E-state index >= 15 is 0 Å². The summed E-state index contributed by atoms with van der Waals surface area (Å²) in [5.74, 6) is 0.973. The molecule has 0 atom stereocenters. The summed E-state index contributed by atoms with van der Waals surface area (Å²) in [6, 6.07) is 15.8. The molecule has 2 N–H and O–H groups in total. The van der Waals surface area contributed by atoms with E-state index in [9.17, 15) is 4.79 Å². The predicted molar refractivity (Wildman–Crippen MR) is 101 cm³/mol. The molecule has 0 saturated heterocycles. The molecule has 0 spiro atoms. The summed E-state index contributed by atoms with van der Waals surface area (Å²) in [5, 5.41) is 11.5. The third kappa shape index (κ3) is 4.76. The van der Waals surface area contributed by atoms with E-state index in [0.29, 0.717) is 12.3 Å². The highest BCUT2D eigenvalue weighted by Crippen LogP contribution is 2.14. The summed E-state index contributed by atoms with van der Waals surface area (Å²) in [6.07, 6.45) is 1.62. The van der Waals surface area contributed by atoms with E-state index < -0.39 is 0 Å². The molecular formula is C19H19N5O2. The van der Waals surface area contributed by atoms with Crippen molar-refractivity contribution in [2.75, 3.05) is 5.43 Å². The van der Waals surface area contributed by atoms with Gasteiger partial charge in [0.1, 0.15) is 18.1 Å². The van der Waals surface area contributed by atoms with Crippen molar-refractivity contribution >= 4 is 12.2 Å². The maximum absolute atomic E-state index is 11.4. The minimum atomic E-state index is -0.298. The fourth-order valence-electron chi connectivity index (χ4n) is 2.23. The molecule has 2 aromatic carbocycles. The van der Waals surface area contributed by atoms with Gasteiger partial charge >= 0.3 is 0 Å². The molecule has 7 nitrogen and oxygen atoms in total. The van der Waals surface area contributed by atoms with Crippen molar-refractivity contribution in [2.45, 2.75) is 20.5 Å². The van der Waals surface area contributed by atoms with E-state index in [1.807, 2.05) is 36.4 Å². The molecular weight excluding hydrogens is 330 g/mol. The Hall–Kier alpha value is -3.48. The zero-order chi connectivity index (χ0) is 18.4. The Morgan fingerprint density at radius 3 is 2.69 bits per heavy atom. The molecule has 0 aliphatic heterocycles. The lowest BCUT2D eigenvalue weighted by atomic mass is 10.1. The first-order valence-electron chi connectivity index (χ1n) is 8.11. The highest BCUT2D eigenvalue weighted by Gasteiger charge is 1.99. The van der Waals surface area contributed by atoms with Gasteiger partial charge in [0.2, 0.25) is 5.95 Å². The molecule has 0 saturated carbocycles. The Kier molecular flexibility index (Phi) is 5.38. The number of anilines is 1. The molecule has 1 aromatic heterocycles. The van der Waals surface area contributed by atoms with Crippen LogP contribution in [0.5, 0.6) is 5.75 Å². The first-order valence-corrected chi connectivity index (χ1v) is 8.11. The maximum atomic E-state index is 11.4. The predicted octanol–water partition coefficient (Wildman–Crippen LogP) is 2.81. The smallest absolute Gasteiger partial charge is 0.274 e. The van der Waals surface area contributed by atoms with E-state index in [2.05, 4.69) is 44.8 Å². The van der Waals surface area contributed by atoms with E-state index in [1.54, 1.807) is 13.1 Å². The lowest BCUT2D eigenvalue weighted by Crippen LogP contribution is -2.15. The van der Waals surface area contributed by atoms with Crippen molar-refractivity contribution in [3.8, 4) is 5.75 Å². The van der Waals surface area contributed by atoms with Crippen LogP contribution in [0, 0.1) is 13.8 Å². The quantitative estimate of drug-likeness (QED) is 0.527. The molecule has 1 heterocycles. The van der Waals surface area contributed by atoms with Crippen LogP contribution in [0.4, 0.5) is 5.95 Å². The number of H-pyrrole nitrogens is 1. The number of nitrogens with zero attached hydrogens (tertiary/aromatic N) is 3. The molecule has 0 amide bonds. The molecule has 0 aliphatic rings. The standard InChI is InChI=1S/C19H19N5O2/c1-13-4-3-5-16(10-13)12-26-17-8-6-15(7-9-17)11-20-23-19-21-18(25)14(2)22-24-19/h3-11H,12H2,1-2H3,(H2,21,23,24,25)/b20-11+. The van der Waals surface area contributed by atoms with Crippen molar-refractivity contribution < 1.29 is 4.74 Å². The number of aromatic amines is 1. The average molecular weight is 349 g/mol.